The van der Waals surface area contributed by atoms with Crippen LogP contribution >= 0.6 is 0 Å². The first-order valence-corrected chi connectivity index (χ1v) is 8.40. The van der Waals surface area contributed by atoms with Crippen LogP contribution < -0.4 is 21.8 Å². The third-order valence-electron chi connectivity index (χ3n) is 3.98. The number of hydrogen-bond acceptors (Lipinski definition) is 6. The summed E-state index contributed by atoms with van der Waals surface area (Å²) in [5.74, 6) is 0.572. The molecule has 0 aliphatic heterocycles. The maximum absolute atomic E-state index is 12.4. The molecule has 0 bridgehead atoms. The summed E-state index contributed by atoms with van der Waals surface area (Å²) >= 11 is 0. The summed E-state index contributed by atoms with van der Waals surface area (Å²) in [5, 5.41) is 11.0. The largest absolute Gasteiger partial charge is 0.447 e. The van der Waals surface area contributed by atoms with E-state index in [2.05, 4.69) is 15.0 Å². The zero-order chi connectivity index (χ0) is 20.5. The van der Waals surface area contributed by atoms with E-state index in [0.717, 1.165) is 0 Å². The van der Waals surface area contributed by atoms with E-state index >= 15 is 0 Å². The van der Waals surface area contributed by atoms with Gasteiger partial charge in [-0.3, -0.25) is 19.7 Å². The van der Waals surface area contributed by atoms with E-state index in [9.17, 15) is 19.7 Å². The molecule has 3 rings (SSSR count). The minimum absolute atomic E-state index is 0.00381. The number of oxazole rings is 1. The molecule has 0 fully saturated rings. The molecule has 2 N–H and O–H groups in total. The first-order valence-electron chi connectivity index (χ1n) is 8.40. The van der Waals surface area contributed by atoms with Gasteiger partial charge < -0.3 is 14.4 Å². The van der Waals surface area contributed by atoms with E-state index < -0.39 is 16.0 Å². The number of nitro benzene ring substituents is 1. The van der Waals surface area contributed by atoms with E-state index in [1.54, 1.807) is 6.07 Å². The summed E-state index contributed by atoms with van der Waals surface area (Å²) in [6.07, 6.45) is 3.97. The van der Waals surface area contributed by atoms with Gasteiger partial charge in [-0.25, -0.2) is 4.98 Å². The van der Waals surface area contributed by atoms with Gasteiger partial charge in [0.15, 0.2) is 6.39 Å². The SMILES string of the molecule is CC(C)(C)c1ocnc1/C=c1\[nH]c(=O)/c(=C/c2ccccc2[N+](=O)[O-])[nH]c1=O. The molecule has 2 heterocycles. The number of aromatic amines is 2. The van der Waals surface area contributed by atoms with Crippen LogP contribution in [0.5, 0.6) is 0 Å². The molecule has 0 radical (unpaired) electrons. The van der Waals surface area contributed by atoms with Crippen LogP contribution in [0.4, 0.5) is 5.69 Å². The smallest absolute Gasteiger partial charge is 0.276 e. The average Bonchev–Trinajstić information content (AvgIpc) is 3.08. The Hall–Kier alpha value is -3.75. The molecule has 0 aliphatic carbocycles. The second kappa shape index (κ2) is 7.10. The van der Waals surface area contributed by atoms with Crippen molar-refractivity contribution < 1.29 is 9.34 Å². The molecule has 9 heteroatoms. The van der Waals surface area contributed by atoms with E-state index in [1.165, 1.54) is 36.7 Å². The number of nitrogens with zero attached hydrogens (tertiary/aromatic N) is 2. The first-order chi connectivity index (χ1) is 13.2. The maximum atomic E-state index is 12.4. The molecule has 0 aliphatic rings. The molecule has 28 heavy (non-hydrogen) atoms. The maximum Gasteiger partial charge on any atom is 0.276 e. The lowest BCUT2D eigenvalue weighted by Crippen LogP contribution is -2.46. The van der Waals surface area contributed by atoms with Crippen LogP contribution in [0.25, 0.3) is 12.2 Å². The van der Waals surface area contributed by atoms with Crippen molar-refractivity contribution in [3.05, 3.63) is 89.2 Å². The molecule has 0 unspecified atom stereocenters. The zero-order valence-electron chi connectivity index (χ0n) is 15.5. The van der Waals surface area contributed by atoms with E-state index in [0.29, 0.717) is 11.5 Å². The van der Waals surface area contributed by atoms with Crippen LogP contribution in [-0.2, 0) is 5.41 Å². The zero-order valence-corrected chi connectivity index (χ0v) is 15.5. The number of rotatable bonds is 3. The topological polar surface area (TPSA) is 135 Å². The molecule has 2 aromatic heterocycles. The van der Waals surface area contributed by atoms with Crippen LogP contribution in [-0.4, -0.2) is 19.9 Å². The number of H-pyrrole nitrogens is 2. The Morgan fingerprint density at radius 2 is 1.68 bits per heavy atom. The summed E-state index contributed by atoms with van der Waals surface area (Å²) in [6.45, 7) is 5.80. The lowest BCUT2D eigenvalue weighted by molar-refractivity contribution is -0.385. The third-order valence-corrected chi connectivity index (χ3v) is 3.98. The molecule has 0 saturated carbocycles. The molecule has 0 saturated heterocycles. The Morgan fingerprint density at radius 3 is 2.29 bits per heavy atom. The Balaban J connectivity index is 2.17. The average molecular weight is 382 g/mol. The summed E-state index contributed by atoms with van der Waals surface area (Å²) in [7, 11) is 0. The number of nitrogens with one attached hydrogen (secondary N) is 2. The highest BCUT2D eigenvalue weighted by Gasteiger charge is 2.22. The molecule has 0 amide bonds. The van der Waals surface area contributed by atoms with Crippen LogP contribution in [0.2, 0.25) is 0 Å². The van der Waals surface area contributed by atoms with Crippen molar-refractivity contribution in [2.24, 2.45) is 0 Å². The quantitative estimate of drug-likeness (QED) is 0.511. The van der Waals surface area contributed by atoms with Gasteiger partial charge in [0.1, 0.15) is 22.2 Å². The summed E-state index contributed by atoms with van der Waals surface area (Å²) < 4.78 is 5.39. The van der Waals surface area contributed by atoms with Crippen LogP contribution in [0, 0.1) is 10.1 Å². The van der Waals surface area contributed by atoms with Gasteiger partial charge in [-0.05, 0) is 18.2 Å². The van der Waals surface area contributed by atoms with Crippen molar-refractivity contribution in [1.29, 1.82) is 0 Å². The molecular formula is C19H18N4O5. The van der Waals surface area contributed by atoms with Gasteiger partial charge in [-0.2, -0.15) is 0 Å². The minimum Gasteiger partial charge on any atom is -0.447 e. The minimum atomic E-state index is -0.593. The van der Waals surface area contributed by atoms with Gasteiger partial charge in [0.25, 0.3) is 16.8 Å². The fourth-order valence-corrected chi connectivity index (χ4v) is 2.68. The lowest BCUT2D eigenvalue weighted by atomic mass is 9.92. The molecule has 144 valence electrons. The summed E-state index contributed by atoms with van der Waals surface area (Å²) in [5.41, 5.74) is -1.02. The highest BCUT2D eigenvalue weighted by Crippen LogP contribution is 2.25. The fourth-order valence-electron chi connectivity index (χ4n) is 2.68. The molecule has 9 nitrogen and oxygen atoms in total. The molecular weight excluding hydrogens is 364 g/mol. The predicted molar refractivity (Wildman–Crippen MR) is 102 cm³/mol. The lowest BCUT2D eigenvalue weighted by Gasteiger charge is -2.14. The highest BCUT2D eigenvalue weighted by atomic mass is 16.6. The summed E-state index contributed by atoms with van der Waals surface area (Å²) in [6, 6.07) is 5.93. The monoisotopic (exact) mass is 382 g/mol. The van der Waals surface area contributed by atoms with Crippen LogP contribution in [0.15, 0.2) is 44.7 Å². The number of benzene rings is 1. The van der Waals surface area contributed by atoms with Crippen molar-refractivity contribution in [2.75, 3.05) is 0 Å². The normalized spacial score (nSPS) is 13.1. The van der Waals surface area contributed by atoms with Gasteiger partial charge >= 0.3 is 0 Å². The Labute approximate surface area is 158 Å². The molecule has 1 aromatic carbocycles. The molecule has 0 spiro atoms. The van der Waals surface area contributed by atoms with Crippen molar-refractivity contribution in [3.63, 3.8) is 0 Å². The highest BCUT2D eigenvalue weighted by molar-refractivity contribution is 5.59. The van der Waals surface area contributed by atoms with Crippen molar-refractivity contribution in [2.45, 2.75) is 26.2 Å². The van der Waals surface area contributed by atoms with E-state index in [4.69, 9.17) is 4.42 Å². The van der Waals surface area contributed by atoms with Crippen molar-refractivity contribution in [1.82, 2.24) is 15.0 Å². The van der Waals surface area contributed by atoms with Crippen molar-refractivity contribution >= 4 is 17.8 Å². The summed E-state index contributed by atoms with van der Waals surface area (Å²) in [4.78, 5) is 44.4. The fraction of sp³-hybridized carbons (Fsp3) is 0.211. The van der Waals surface area contributed by atoms with E-state index in [-0.39, 0.29) is 27.4 Å². The van der Waals surface area contributed by atoms with Crippen molar-refractivity contribution in [3.8, 4) is 0 Å². The second-order valence-corrected chi connectivity index (χ2v) is 7.16. The Kier molecular flexibility index (Phi) is 4.83. The standard InChI is InChI=1S/C19H18N4O5/c1-19(2,3)16-12(20-10-28-16)9-14-18(25)21-13(17(24)22-14)8-11-6-4-5-7-15(11)23(26)27/h4-10H,1-3H3,(H,21,25)(H,22,24)/b13-8-,14-9-. The third kappa shape index (κ3) is 3.83. The van der Waals surface area contributed by atoms with Crippen LogP contribution in [0.1, 0.15) is 37.8 Å². The molecule has 0 atom stereocenters. The second-order valence-electron chi connectivity index (χ2n) is 7.16. The number of nitro groups is 1. The number of aromatic nitrogens is 3. The Bertz CT molecular complexity index is 1270. The number of hydrogen-bond donors (Lipinski definition) is 2. The first kappa shape index (κ1) is 19.0. The van der Waals surface area contributed by atoms with Gasteiger partial charge in [-0.15, -0.1) is 0 Å². The van der Waals surface area contributed by atoms with E-state index in [1.807, 2.05) is 20.8 Å². The molecule has 3 aromatic rings. The van der Waals surface area contributed by atoms with Gasteiger partial charge in [-0.1, -0.05) is 32.9 Å². The van der Waals surface area contributed by atoms with Gasteiger partial charge in [0.2, 0.25) is 0 Å². The Morgan fingerprint density at radius 1 is 1.07 bits per heavy atom. The predicted octanol–water partition coefficient (Wildman–Crippen LogP) is 0.914. The van der Waals surface area contributed by atoms with Gasteiger partial charge in [0.05, 0.1) is 10.5 Å². The van der Waals surface area contributed by atoms with Crippen LogP contribution in [0.3, 0.4) is 0 Å². The number of para-hydroxylation sites is 1. The van der Waals surface area contributed by atoms with Gasteiger partial charge in [0, 0.05) is 11.5 Å².